The van der Waals surface area contributed by atoms with Gasteiger partial charge < -0.3 is 11.1 Å². The number of hydrogen-bond donors (Lipinski definition) is 2. The summed E-state index contributed by atoms with van der Waals surface area (Å²) in [6.07, 6.45) is 8.77. The molecule has 3 N–H and O–H groups in total. The molecule has 0 radical (unpaired) electrons. The fourth-order valence-electron chi connectivity index (χ4n) is 2.76. The lowest BCUT2D eigenvalue weighted by Crippen LogP contribution is -2.49. The molecule has 1 aliphatic carbocycles. The van der Waals surface area contributed by atoms with Gasteiger partial charge in [-0.15, -0.1) is 0 Å². The van der Waals surface area contributed by atoms with Crippen molar-refractivity contribution in [2.45, 2.75) is 77.8 Å². The fraction of sp³-hybridized carbons (Fsp3) is 0.933. The molecule has 1 aliphatic rings. The maximum atomic E-state index is 12.0. The van der Waals surface area contributed by atoms with Gasteiger partial charge in [-0.2, -0.15) is 0 Å². The Labute approximate surface area is 112 Å². The molecule has 3 nitrogen and oxygen atoms in total. The van der Waals surface area contributed by atoms with Gasteiger partial charge in [0.1, 0.15) is 0 Å². The maximum Gasteiger partial charge on any atom is 0.237 e. The number of amides is 1. The van der Waals surface area contributed by atoms with Gasteiger partial charge in [0.2, 0.25) is 5.91 Å². The topological polar surface area (TPSA) is 55.1 Å². The molecule has 1 fully saturated rings. The van der Waals surface area contributed by atoms with E-state index in [2.05, 4.69) is 19.2 Å². The highest BCUT2D eigenvalue weighted by Crippen LogP contribution is 2.25. The molecule has 0 bridgehead atoms. The Bertz CT molecular complexity index is 247. The highest BCUT2D eigenvalue weighted by atomic mass is 16.2. The van der Waals surface area contributed by atoms with Crippen molar-refractivity contribution in [1.29, 1.82) is 0 Å². The number of hydrogen-bond acceptors (Lipinski definition) is 2. The highest BCUT2D eigenvalue weighted by Gasteiger charge is 2.24. The molecule has 0 heterocycles. The van der Waals surface area contributed by atoms with Gasteiger partial charge in [-0.3, -0.25) is 4.79 Å². The van der Waals surface area contributed by atoms with Crippen molar-refractivity contribution in [1.82, 2.24) is 5.32 Å². The van der Waals surface area contributed by atoms with Crippen LogP contribution in [0.1, 0.15) is 65.7 Å². The van der Waals surface area contributed by atoms with Gasteiger partial charge in [-0.25, -0.2) is 0 Å². The summed E-state index contributed by atoms with van der Waals surface area (Å²) >= 11 is 0. The van der Waals surface area contributed by atoms with E-state index in [-0.39, 0.29) is 23.9 Å². The van der Waals surface area contributed by atoms with Gasteiger partial charge in [0.25, 0.3) is 0 Å². The van der Waals surface area contributed by atoms with E-state index in [0.717, 1.165) is 6.42 Å². The largest absolute Gasteiger partial charge is 0.352 e. The molecule has 3 heteroatoms. The molecule has 1 rings (SSSR count). The summed E-state index contributed by atoms with van der Waals surface area (Å²) in [4.78, 5) is 12.0. The normalized spacial score (nSPS) is 22.9. The summed E-state index contributed by atoms with van der Waals surface area (Å²) in [5, 5.41) is 3.13. The van der Waals surface area contributed by atoms with Crippen LogP contribution in [0.15, 0.2) is 0 Å². The van der Waals surface area contributed by atoms with E-state index in [1.54, 1.807) is 0 Å². The average Bonchev–Trinajstić information content (AvgIpc) is 2.65. The Kier molecular flexibility index (Phi) is 6.69. The lowest BCUT2D eigenvalue weighted by atomic mass is 9.92. The zero-order chi connectivity index (χ0) is 13.5. The molecule has 1 saturated carbocycles. The molecule has 0 aromatic heterocycles. The van der Waals surface area contributed by atoms with E-state index in [1.807, 2.05) is 6.92 Å². The molecule has 0 spiro atoms. The Balaban J connectivity index is 2.42. The first-order valence-electron chi connectivity index (χ1n) is 7.62. The second kappa shape index (κ2) is 7.78. The van der Waals surface area contributed by atoms with E-state index >= 15 is 0 Å². The van der Waals surface area contributed by atoms with Crippen LogP contribution < -0.4 is 11.1 Å². The Morgan fingerprint density at radius 3 is 2.28 bits per heavy atom. The molecule has 0 saturated heterocycles. The average molecular weight is 254 g/mol. The third kappa shape index (κ3) is 4.60. The fourth-order valence-corrected chi connectivity index (χ4v) is 2.76. The standard InChI is InChI=1S/C15H30N2O/c1-4-11(2)14(16)15(18)17-12(3)13-9-7-5-6-8-10-13/h11-14H,4-10,16H2,1-3H3,(H,17,18)/t11?,12-,14-/m0/s1. The number of nitrogens with one attached hydrogen (secondary N) is 1. The van der Waals surface area contributed by atoms with Crippen molar-refractivity contribution in [3.8, 4) is 0 Å². The van der Waals surface area contributed by atoms with Gasteiger partial charge in [0, 0.05) is 6.04 Å². The number of carbonyl (C=O) groups excluding carboxylic acids is 1. The third-order valence-electron chi connectivity index (χ3n) is 4.54. The van der Waals surface area contributed by atoms with Crippen molar-refractivity contribution in [2.75, 3.05) is 0 Å². The van der Waals surface area contributed by atoms with Crippen LogP contribution in [0.5, 0.6) is 0 Å². The van der Waals surface area contributed by atoms with E-state index in [9.17, 15) is 4.79 Å². The third-order valence-corrected chi connectivity index (χ3v) is 4.54. The zero-order valence-corrected chi connectivity index (χ0v) is 12.2. The Morgan fingerprint density at radius 1 is 1.22 bits per heavy atom. The van der Waals surface area contributed by atoms with Crippen molar-refractivity contribution >= 4 is 5.91 Å². The Hall–Kier alpha value is -0.570. The Morgan fingerprint density at radius 2 is 1.78 bits per heavy atom. The molecular formula is C15H30N2O. The predicted octanol–water partition coefficient (Wildman–Crippen LogP) is 2.83. The van der Waals surface area contributed by atoms with Crippen LogP contribution in [-0.4, -0.2) is 18.0 Å². The van der Waals surface area contributed by atoms with Crippen LogP contribution in [0, 0.1) is 11.8 Å². The zero-order valence-electron chi connectivity index (χ0n) is 12.2. The molecule has 1 unspecified atom stereocenters. The first-order chi connectivity index (χ1) is 8.56. The van der Waals surface area contributed by atoms with Crippen LogP contribution in [-0.2, 0) is 4.79 Å². The predicted molar refractivity (Wildman–Crippen MR) is 76.2 cm³/mol. The first kappa shape index (κ1) is 15.5. The van der Waals surface area contributed by atoms with Crippen molar-refractivity contribution in [3.05, 3.63) is 0 Å². The molecule has 18 heavy (non-hydrogen) atoms. The SMILES string of the molecule is CCC(C)[C@H](N)C(=O)N[C@@H](C)C1CCCCCC1. The summed E-state index contributed by atoms with van der Waals surface area (Å²) in [6, 6.07) is -0.0889. The van der Waals surface area contributed by atoms with Crippen molar-refractivity contribution in [2.24, 2.45) is 17.6 Å². The first-order valence-corrected chi connectivity index (χ1v) is 7.62. The number of carbonyl (C=O) groups is 1. The minimum absolute atomic E-state index is 0.0288. The van der Waals surface area contributed by atoms with Gasteiger partial charge in [0.05, 0.1) is 6.04 Å². The smallest absolute Gasteiger partial charge is 0.237 e. The quantitative estimate of drug-likeness (QED) is 0.741. The van der Waals surface area contributed by atoms with Crippen molar-refractivity contribution < 1.29 is 4.79 Å². The van der Waals surface area contributed by atoms with E-state index in [0.29, 0.717) is 5.92 Å². The summed E-state index contributed by atoms with van der Waals surface area (Å²) < 4.78 is 0. The second-order valence-electron chi connectivity index (χ2n) is 5.96. The van der Waals surface area contributed by atoms with E-state index < -0.39 is 0 Å². The number of rotatable bonds is 5. The van der Waals surface area contributed by atoms with Crippen LogP contribution in [0.4, 0.5) is 0 Å². The van der Waals surface area contributed by atoms with Crippen LogP contribution >= 0.6 is 0 Å². The summed E-state index contributed by atoms with van der Waals surface area (Å²) in [7, 11) is 0. The van der Waals surface area contributed by atoms with Gasteiger partial charge in [0.15, 0.2) is 0 Å². The minimum atomic E-state index is -0.358. The summed E-state index contributed by atoms with van der Waals surface area (Å²) in [5.74, 6) is 0.924. The van der Waals surface area contributed by atoms with Gasteiger partial charge in [-0.1, -0.05) is 46.0 Å². The second-order valence-corrected chi connectivity index (χ2v) is 5.96. The van der Waals surface area contributed by atoms with Gasteiger partial charge >= 0.3 is 0 Å². The molecule has 0 aliphatic heterocycles. The molecule has 1 amide bonds. The van der Waals surface area contributed by atoms with E-state index in [1.165, 1.54) is 38.5 Å². The van der Waals surface area contributed by atoms with E-state index in [4.69, 9.17) is 5.73 Å². The summed E-state index contributed by atoms with van der Waals surface area (Å²) in [6.45, 7) is 6.25. The molecule has 0 aromatic carbocycles. The van der Waals surface area contributed by atoms with Crippen molar-refractivity contribution in [3.63, 3.8) is 0 Å². The molecular weight excluding hydrogens is 224 g/mol. The monoisotopic (exact) mass is 254 g/mol. The maximum absolute atomic E-state index is 12.0. The molecule has 106 valence electrons. The van der Waals surface area contributed by atoms with Gasteiger partial charge in [-0.05, 0) is 31.6 Å². The van der Waals surface area contributed by atoms with Crippen LogP contribution in [0.3, 0.4) is 0 Å². The molecule has 3 atom stereocenters. The number of nitrogens with two attached hydrogens (primary N) is 1. The van der Waals surface area contributed by atoms with Crippen LogP contribution in [0.25, 0.3) is 0 Å². The lowest BCUT2D eigenvalue weighted by molar-refractivity contribution is -0.124. The van der Waals surface area contributed by atoms with Crippen LogP contribution in [0.2, 0.25) is 0 Å². The lowest BCUT2D eigenvalue weighted by Gasteiger charge is -2.26. The highest BCUT2D eigenvalue weighted by molar-refractivity contribution is 5.82. The summed E-state index contributed by atoms with van der Waals surface area (Å²) in [5.41, 5.74) is 5.97. The molecule has 0 aromatic rings. The minimum Gasteiger partial charge on any atom is -0.352 e.